The first-order valence-corrected chi connectivity index (χ1v) is 4.71. The number of hydrogen-bond acceptors (Lipinski definition) is 2. The van der Waals surface area contributed by atoms with Gasteiger partial charge in [0, 0.05) is 17.6 Å². The molecule has 0 bridgehead atoms. The SMILES string of the molecule is CC(C)(N)CC(=O)Nc1ccc(F)cc1. The number of halogens is 1. The van der Waals surface area contributed by atoms with Gasteiger partial charge in [0.1, 0.15) is 5.82 Å². The first-order chi connectivity index (χ1) is 6.87. The smallest absolute Gasteiger partial charge is 0.226 e. The quantitative estimate of drug-likeness (QED) is 0.800. The molecule has 0 aliphatic carbocycles. The molecule has 1 amide bonds. The molecule has 1 aromatic carbocycles. The van der Waals surface area contributed by atoms with Crippen LogP contribution < -0.4 is 11.1 Å². The van der Waals surface area contributed by atoms with E-state index in [1.54, 1.807) is 13.8 Å². The number of nitrogens with one attached hydrogen (secondary N) is 1. The van der Waals surface area contributed by atoms with E-state index < -0.39 is 5.54 Å². The van der Waals surface area contributed by atoms with Gasteiger partial charge >= 0.3 is 0 Å². The maximum absolute atomic E-state index is 12.6. The summed E-state index contributed by atoms with van der Waals surface area (Å²) >= 11 is 0. The molecular formula is C11H15FN2O. The molecule has 15 heavy (non-hydrogen) atoms. The summed E-state index contributed by atoms with van der Waals surface area (Å²) in [6, 6.07) is 5.61. The molecule has 3 nitrogen and oxygen atoms in total. The maximum atomic E-state index is 12.6. The predicted octanol–water partition coefficient (Wildman–Crippen LogP) is 1.89. The fourth-order valence-corrected chi connectivity index (χ4v) is 1.15. The van der Waals surface area contributed by atoms with Crippen molar-refractivity contribution in [2.45, 2.75) is 25.8 Å². The van der Waals surface area contributed by atoms with Gasteiger partial charge in [0.25, 0.3) is 0 Å². The third-order valence-corrected chi connectivity index (χ3v) is 1.74. The summed E-state index contributed by atoms with van der Waals surface area (Å²) < 4.78 is 12.6. The number of rotatable bonds is 3. The summed E-state index contributed by atoms with van der Waals surface area (Å²) in [5.74, 6) is -0.499. The van der Waals surface area contributed by atoms with Crippen molar-refractivity contribution in [1.29, 1.82) is 0 Å². The maximum Gasteiger partial charge on any atom is 0.226 e. The minimum Gasteiger partial charge on any atom is -0.326 e. The van der Waals surface area contributed by atoms with Crippen LogP contribution in [0.25, 0.3) is 0 Å². The molecule has 0 saturated carbocycles. The van der Waals surface area contributed by atoms with Crippen LogP contribution in [-0.4, -0.2) is 11.4 Å². The Morgan fingerprint density at radius 1 is 1.40 bits per heavy atom. The second-order valence-corrected chi connectivity index (χ2v) is 4.22. The van der Waals surface area contributed by atoms with Gasteiger partial charge in [-0.1, -0.05) is 0 Å². The number of carbonyl (C=O) groups is 1. The molecule has 1 rings (SSSR count). The summed E-state index contributed by atoms with van der Waals surface area (Å²) in [6.07, 6.45) is 0.227. The van der Waals surface area contributed by atoms with E-state index in [2.05, 4.69) is 5.32 Å². The molecule has 4 heteroatoms. The Morgan fingerprint density at radius 2 is 1.93 bits per heavy atom. The third kappa shape index (κ3) is 4.56. The zero-order valence-corrected chi connectivity index (χ0v) is 8.88. The number of anilines is 1. The van der Waals surface area contributed by atoms with E-state index in [-0.39, 0.29) is 18.1 Å². The average Bonchev–Trinajstić information content (AvgIpc) is 2.05. The van der Waals surface area contributed by atoms with Crippen LogP contribution in [0.5, 0.6) is 0 Å². The molecule has 0 heterocycles. The monoisotopic (exact) mass is 210 g/mol. The Labute approximate surface area is 88.5 Å². The number of carbonyl (C=O) groups excluding carboxylic acids is 1. The van der Waals surface area contributed by atoms with Gasteiger partial charge in [0.15, 0.2) is 0 Å². The van der Waals surface area contributed by atoms with Crippen molar-refractivity contribution in [2.24, 2.45) is 5.73 Å². The molecule has 0 aromatic heterocycles. The molecular weight excluding hydrogens is 195 g/mol. The van der Waals surface area contributed by atoms with Gasteiger partial charge in [0.2, 0.25) is 5.91 Å². The van der Waals surface area contributed by atoms with Gasteiger partial charge in [-0.25, -0.2) is 4.39 Å². The highest BCUT2D eigenvalue weighted by molar-refractivity contribution is 5.91. The van der Waals surface area contributed by atoms with E-state index in [1.807, 2.05) is 0 Å². The van der Waals surface area contributed by atoms with Crippen LogP contribution in [0.15, 0.2) is 24.3 Å². The number of benzene rings is 1. The van der Waals surface area contributed by atoms with Crippen molar-refractivity contribution in [2.75, 3.05) is 5.32 Å². The largest absolute Gasteiger partial charge is 0.326 e. The van der Waals surface area contributed by atoms with E-state index in [4.69, 9.17) is 5.73 Å². The number of hydrogen-bond donors (Lipinski definition) is 2. The molecule has 0 saturated heterocycles. The van der Waals surface area contributed by atoms with E-state index >= 15 is 0 Å². The van der Waals surface area contributed by atoms with E-state index in [0.29, 0.717) is 5.69 Å². The molecule has 82 valence electrons. The van der Waals surface area contributed by atoms with Crippen molar-refractivity contribution in [3.05, 3.63) is 30.1 Å². The lowest BCUT2D eigenvalue weighted by atomic mass is 10.0. The minimum atomic E-state index is -0.538. The normalized spacial score (nSPS) is 11.2. The van der Waals surface area contributed by atoms with Crippen molar-refractivity contribution in [3.8, 4) is 0 Å². The van der Waals surface area contributed by atoms with Gasteiger partial charge in [-0.3, -0.25) is 4.79 Å². The Balaban J connectivity index is 2.55. The van der Waals surface area contributed by atoms with Crippen LogP contribution in [0.3, 0.4) is 0 Å². The average molecular weight is 210 g/mol. The summed E-state index contributed by atoms with van der Waals surface area (Å²) in [4.78, 5) is 11.4. The lowest BCUT2D eigenvalue weighted by Crippen LogP contribution is -2.36. The molecule has 0 radical (unpaired) electrons. The molecule has 1 aromatic rings. The minimum absolute atomic E-state index is 0.172. The van der Waals surface area contributed by atoms with Crippen LogP contribution in [0.1, 0.15) is 20.3 Å². The van der Waals surface area contributed by atoms with Crippen molar-refractivity contribution >= 4 is 11.6 Å². The standard InChI is InChI=1S/C11H15FN2O/c1-11(2,13)7-10(15)14-9-5-3-8(12)4-6-9/h3-6H,7,13H2,1-2H3,(H,14,15). The first-order valence-electron chi connectivity index (χ1n) is 4.71. The summed E-state index contributed by atoms with van der Waals surface area (Å²) in [6.45, 7) is 3.55. The Bertz CT molecular complexity index is 341. The molecule has 0 unspecified atom stereocenters. The highest BCUT2D eigenvalue weighted by Crippen LogP contribution is 2.10. The van der Waals surface area contributed by atoms with Gasteiger partial charge in [0.05, 0.1) is 0 Å². The third-order valence-electron chi connectivity index (χ3n) is 1.74. The number of amides is 1. The second-order valence-electron chi connectivity index (χ2n) is 4.22. The van der Waals surface area contributed by atoms with E-state index in [0.717, 1.165) is 0 Å². The highest BCUT2D eigenvalue weighted by atomic mass is 19.1. The summed E-state index contributed by atoms with van der Waals surface area (Å²) in [5.41, 5.74) is 5.73. The van der Waals surface area contributed by atoms with Crippen LogP contribution in [-0.2, 0) is 4.79 Å². The summed E-state index contributed by atoms with van der Waals surface area (Å²) in [5, 5.41) is 2.64. The Morgan fingerprint density at radius 3 is 2.40 bits per heavy atom. The van der Waals surface area contributed by atoms with Gasteiger partial charge in [-0.15, -0.1) is 0 Å². The Hall–Kier alpha value is -1.42. The zero-order chi connectivity index (χ0) is 11.5. The van der Waals surface area contributed by atoms with Gasteiger partial charge in [-0.2, -0.15) is 0 Å². The van der Waals surface area contributed by atoms with Gasteiger partial charge < -0.3 is 11.1 Å². The fraction of sp³-hybridized carbons (Fsp3) is 0.364. The molecule has 0 atom stereocenters. The molecule has 0 fully saturated rings. The van der Waals surface area contributed by atoms with Crippen LogP contribution in [0.2, 0.25) is 0 Å². The van der Waals surface area contributed by atoms with Crippen LogP contribution >= 0.6 is 0 Å². The van der Waals surface area contributed by atoms with E-state index in [9.17, 15) is 9.18 Å². The summed E-state index contributed by atoms with van der Waals surface area (Å²) in [7, 11) is 0. The van der Waals surface area contributed by atoms with Crippen LogP contribution in [0.4, 0.5) is 10.1 Å². The lowest BCUT2D eigenvalue weighted by Gasteiger charge is -2.17. The van der Waals surface area contributed by atoms with Crippen molar-refractivity contribution in [1.82, 2.24) is 0 Å². The van der Waals surface area contributed by atoms with Crippen molar-refractivity contribution in [3.63, 3.8) is 0 Å². The number of nitrogens with two attached hydrogens (primary N) is 1. The second kappa shape index (κ2) is 4.40. The van der Waals surface area contributed by atoms with Gasteiger partial charge in [-0.05, 0) is 38.1 Å². The fourth-order valence-electron chi connectivity index (χ4n) is 1.15. The topological polar surface area (TPSA) is 55.1 Å². The lowest BCUT2D eigenvalue weighted by molar-refractivity contribution is -0.117. The zero-order valence-electron chi connectivity index (χ0n) is 8.88. The highest BCUT2D eigenvalue weighted by Gasteiger charge is 2.16. The molecule has 0 spiro atoms. The Kier molecular flexibility index (Phi) is 3.42. The van der Waals surface area contributed by atoms with E-state index in [1.165, 1.54) is 24.3 Å². The van der Waals surface area contributed by atoms with Crippen molar-refractivity contribution < 1.29 is 9.18 Å². The molecule has 3 N–H and O–H groups in total. The van der Waals surface area contributed by atoms with Crippen LogP contribution in [0, 0.1) is 5.82 Å². The predicted molar refractivity (Wildman–Crippen MR) is 57.9 cm³/mol. The molecule has 0 aliphatic rings. The first kappa shape index (κ1) is 11.7. The molecule has 0 aliphatic heterocycles.